The van der Waals surface area contributed by atoms with Crippen LogP contribution < -0.4 is 10.1 Å². The molecule has 0 saturated carbocycles. The highest BCUT2D eigenvalue weighted by atomic mass is 19.1. The van der Waals surface area contributed by atoms with E-state index in [4.69, 9.17) is 9.15 Å². The van der Waals surface area contributed by atoms with Crippen molar-refractivity contribution in [3.05, 3.63) is 71.4 Å². The Hall–Kier alpha value is -3.16. The molecule has 6 nitrogen and oxygen atoms in total. The van der Waals surface area contributed by atoms with Gasteiger partial charge in [-0.05, 0) is 31.2 Å². The van der Waals surface area contributed by atoms with E-state index >= 15 is 0 Å². The Morgan fingerprint density at radius 3 is 2.88 bits per heavy atom. The average molecular weight is 361 g/mol. The van der Waals surface area contributed by atoms with E-state index < -0.39 is 11.6 Å². The third-order valence-corrected chi connectivity index (χ3v) is 3.61. The van der Waals surface area contributed by atoms with Crippen molar-refractivity contribution in [3.8, 4) is 5.75 Å². The van der Waals surface area contributed by atoms with Crippen LogP contribution in [0.2, 0.25) is 0 Å². The number of carbonyl (C=O) groups is 1. The second-order valence-corrected chi connectivity index (χ2v) is 5.52. The lowest BCUT2D eigenvalue weighted by molar-refractivity contribution is 0.0919. The van der Waals surface area contributed by atoms with Gasteiger partial charge in [-0.25, -0.2) is 8.78 Å². The van der Waals surface area contributed by atoms with Crippen molar-refractivity contribution >= 4 is 5.91 Å². The van der Waals surface area contributed by atoms with Crippen LogP contribution in [0, 0.1) is 11.6 Å². The fourth-order valence-electron chi connectivity index (χ4n) is 2.26. The van der Waals surface area contributed by atoms with E-state index in [1.165, 1.54) is 12.1 Å². The lowest BCUT2D eigenvalue weighted by Crippen LogP contribution is -2.22. The van der Waals surface area contributed by atoms with E-state index in [-0.39, 0.29) is 24.0 Å². The molecule has 1 amide bonds. The molecule has 0 atom stereocenters. The van der Waals surface area contributed by atoms with Gasteiger partial charge < -0.3 is 14.5 Å². The van der Waals surface area contributed by atoms with Crippen LogP contribution in [-0.2, 0) is 19.7 Å². The summed E-state index contributed by atoms with van der Waals surface area (Å²) in [5, 5.41) is 6.85. The highest BCUT2D eigenvalue weighted by Gasteiger charge is 2.12. The van der Waals surface area contributed by atoms with Gasteiger partial charge in [-0.15, -0.1) is 0 Å². The van der Waals surface area contributed by atoms with Crippen LogP contribution >= 0.6 is 0 Å². The topological polar surface area (TPSA) is 69.3 Å². The highest BCUT2D eigenvalue weighted by Crippen LogP contribution is 2.19. The van der Waals surface area contributed by atoms with Crippen LogP contribution in [0.1, 0.15) is 28.8 Å². The van der Waals surface area contributed by atoms with Crippen LogP contribution in [0.15, 0.2) is 47.1 Å². The third-order valence-electron chi connectivity index (χ3n) is 3.61. The number of hydrogen-bond donors (Lipinski definition) is 1. The van der Waals surface area contributed by atoms with Gasteiger partial charge in [0, 0.05) is 30.9 Å². The van der Waals surface area contributed by atoms with Gasteiger partial charge >= 0.3 is 0 Å². The first kappa shape index (κ1) is 17.7. The number of nitrogens with zero attached hydrogens (tertiary/aromatic N) is 2. The maximum atomic E-state index is 13.5. The van der Waals surface area contributed by atoms with Crippen LogP contribution in [-0.4, -0.2) is 15.7 Å². The molecule has 0 aliphatic carbocycles. The van der Waals surface area contributed by atoms with E-state index in [9.17, 15) is 13.6 Å². The Morgan fingerprint density at radius 1 is 1.31 bits per heavy atom. The van der Waals surface area contributed by atoms with Crippen molar-refractivity contribution in [1.29, 1.82) is 0 Å². The maximum absolute atomic E-state index is 13.5. The second-order valence-electron chi connectivity index (χ2n) is 5.52. The standard InChI is InChI=1S/C18H17F2N3O3/c1-2-23-10-12(9-22-23)8-21-18(24)17-6-4-14(26-17)11-25-16-5-3-13(19)7-15(16)20/h3-7,9-10H,2,8,11H2,1H3,(H,21,24). The Morgan fingerprint density at radius 2 is 2.15 bits per heavy atom. The molecule has 2 aromatic heterocycles. The average Bonchev–Trinajstić information content (AvgIpc) is 3.28. The first-order valence-electron chi connectivity index (χ1n) is 8.01. The number of ether oxygens (including phenoxy) is 1. The van der Waals surface area contributed by atoms with E-state index in [2.05, 4.69) is 10.4 Å². The van der Waals surface area contributed by atoms with Crippen molar-refractivity contribution in [2.45, 2.75) is 26.6 Å². The molecule has 3 aromatic rings. The van der Waals surface area contributed by atoms with Crippen LogP contribution in [0.25, 0.3) is 0 Å². The summed E-state index contributed by atoms with van der Waals surface area (Å²) < 4.78 is 38.8. The number of rotatable bonds is 7. The Bertz CT molecular complexity index is 905. The molecule has 1 N–H and O–H groups in total. The normalized spacial score (nSPS) is 10.7. The number of nitrogens with one attached hydrogen (secondary N) is 1. The SMILES string of the molecule is CCn1cc(CNC(=O)c2ccc(COc3ccc(F)cc3F)o2)cn1. The Balaban J connectivity index is 1.54. The summed E-state index contributed by atoms with van der Waals surface area (Å²) >= 11 is 0. The smallest absolute Gasteiger partial charge is 0.287 e. The minimum atomic E-state index is -0.804. The summed E-state index contributed by atoms with van der Waals surface area (Å²) in [7, 11) is 0. The van der Waals surface area contributed by atoms with Gasteiger partial charge in [0.2, 0.25) is 0 Å². The summed E-state index contributed by atoms with van der Waals surface area (Å²) in [6, 6.07) is 6.09. The van der Waals surface area contributed by atoms with E-state index in [0.29, 0.717) is 12.3 Å². The molecule has 0 radical (unpaired) electrons. The summed E-state index contributed by atoms with van der Waals surface area (Å²) in [5.74, 6) is -1.50. The van der Waals surface area contributed by atoms with Gasteiger partial charge in [0.15, 0.2) is 17.3 Å². The number of aromatic nitrogens is 2. The molecule has 3 rings (SSSR count). The number of halogens is 2. The largest absolute Gasteiger partial charge is 0.483 e. The van der Waals surface area contributed by atoms with Crippen molar-refractivity contribution in [2.75, 3.05) is 0 Å². The molecular formula is C18H17F2N3O3. The molecule has 0 saturated heterocycles. The first-order valence-corrected chi connectivity index (χ1v) is 8.01. The fraction of sp³-hybridized carbons (Fsp3) is 0.222. The quantitative estimate of drug-likeness (QED) is 0.701. The fourth-order valence-corrected chi connectivity index (χ4v) is 2.26. The van der Waals surface area contributed by atoms with Gasteiger partial charge in [0.1, 0.15) is 18.2 Å². The molecule has 0 aliphatic heterocycles. The van der Waals surface area contributed by atoms with Crippen molar-refractivity contribution < 1.29 is 22.7 Å². The molecule has 8 heteroatoms. The lowest BCUT2D eigenvalue weighted by Gasteiger charge is -2.05. The molecule has 26 heavy (non-hydrogen) atoms. The minimum Gasteiger partial charge on any atom is -0.483 e. The first-order chi connectivity index (χ1) is 12.5. The summed E-state index contributed by atoms with van der Waals surface area (Å²) in [6.07, 6.45) is 3.53. The summed E-state index contributed by atoms with van der Waals surface area (Å²) in [4.78, 5) is 12.1. The highest BCUT2D eigenvalue weighted by molar-refractivity contribution is 5.91. The maximum Gasteiger partial charge on any atom is 0.287 e. The van der Waals surface area contributed by atoms with Gasteiger partial charge in [-0.2, -0.15) is 5.10 Å². The Labute approximate surface area is 148 Å². The third kappa shape index (κ3) is 4.27. The molecule has 0 fully saturated rings. The number of aryl methyl sites for hydroxylation is 1. The molecule has 0 aliphatic rings. The molecule has 2 heterocycles. The zero-order valence-electron chi connectivity index (χ0n) is 14.0. The molecular weight excluding hydrogens is 344 g/mol. The molecule has 136 valence electrons. The predicted octanol–water partition coefficient (Wildman–Crippen LogP) is 3.28. The van der Waals surface area contributed by atoms with Gasteiger partial charge in [0.25, 0.3) is 5.91 Å². The van der Waals surface area contributed by atoms with Crippen molar-refractivity contribution in [1.82, 2.24) is 15.1 Å². The lowest BCUT2D eigenvalue weighted by atomic mass is 10.3. The summed E-state index contributed by atoms with van der Waals surface area (Å²) in [5.41, 5.74) is 0.877. The zero-order chi connectivity index (χ0) is 18.5. The van der Waals surface area contributed by atoms with Gasteiger partial charge in [-0.1, -0.05) is 0 Å². The molecule has 0 spiro atoms. The van der Waals surface area contributed by atoms with Crippen molar-refractivity contribution in [3.63, 3.8) is 0 Å². The second kappa shape index (κ2) is 7.81. The predicted molar refractivity (Wildman–Crippen MR) is 88.5 cm³/mol. The van der Waals surface area contributed by atoms with Crippen LogP contribution in [0.4, 0.5) is 8.78 Å². The summed E-state index contributed by atoms with van der Waals surface area (Å²) in [6.45, 7) is 2.97. The van der Waals surface area contributed by atoms with E-state index in [1.54, 1.807) is 16.9 Å². The zero-order valence-corrected chi connectivity index (χ0v) is 14.0. The monoisotopic (exact) mass is 361 g/mol. The van der Waals surface area contributed by atoms with Crippen molar-refractivity contribution in [2.24, 2.45) is 0 Å². The molecule has 0 unspecified atom stereocenters. The number of carbonyl (C=O) groups excluding carboxylic acids is 1. The molecule has 1 aromatic carbocycles. The number of amides is 1. The van der Waals surface area contributed by atoms with E-state index in [0.717, 1.165) is 24.2 Å². The van der Waals surface area contributed by atoms with Gasteiger partial charge in [0.05, 0.1) is 6.20 Å². The number of hydrogen-bond acceptors (Lipinski definition) is 4. The number of benzene rings is 1. The Kier molecular flexibility index (Phi) is 5.31. The van der Waals surface area contributed by atoms with Gasteiger partial charge in [-0.3, -0.25) is 9.48 Å². The molecule has 0 bridgehead atoms. The minimum absolute atomic E-state index is 0.0842. The van der Waals surface area contributed by atoms with Crippen LogP contribution in [0.5, 0.6) is 5.75 Å². The van der Waals surface area contributed by atoms with Crippen LogP contribution in [0.3, 0.4) is 0 Å². The number of furan rings is 1. The van der Waals surface area contributed by atoms with E-state index in [1.807, 2.05) is 13.1 Å².